The van der Waals surface area contributed by atoms with E-state index in [1.165, 1.54) is 0 Å². The molecule has 0 saturated heterocycles. The first-order valence-corrected chi connectivity index (χ1v) is 5.08. The first-order chi connectivity index (χ1) is 6.11. The summed E-state index contributed by atoms with van der Waals surface area (Å²) in [6.07, 6.45) is 2.27. The number of rotatable bonds is 7. The van der Waals surface area contributed by atoms with Crippen LogP contribution in [0.1, 0.15) is 33.6 Å². The molecular formula is C10H23NO2. The Balaban J connectivity index is 3.83. The van der Waals surface area contributed by atoms with Crippen LogP contribution in [0.15, 0.2) is 0 Å². The summed E-state index contributed by atoms with van der Waals surface area (Å²) in [6.45, 7) is 6.96. The second-order valence-corrected chi connectivity index (χ2v) is 3.94. The average molecular weight is 189 g/mol. The fourth-order valence-electron chi connectivity index (χ4n) is 1.13. The molecule has 0 amide bonds. The molecule has 0 atom stereocenters. The SMILES string of the molecule is CCC(CC)CNC(C)(CO)CO. The number of aliphatic hydroxyl groups is 2. The molecular weight excluding hydrogens is 166 g/mol. The van der Waals surface area contributed by atoms with Gasteiger partial charge in [-0.3, -0.25) is 0 Å². The molecule has 0 aliphatic rings. The Hall–Kier alpha value is -0.120. The molecule has 80 valence electrons. The van der Waals surface area contributed by atoms with Crippen molar-refractivity contribution in [1.82, 2.24) is 5.32 Å². The Morgan fingerprint density at radius 1 is 1.15 bits per heavy atom. The molecule has 0 aliphatic heterocycles. The van der Waals surface area contributed by atoms with E-state index in [2.05, 4.69) is 19.2 Å². The molecule has 13 heavy (non-hydrogen) atoms. The van der Waals surface area contributed by atoms with E-state index >= 15 is 0 Å². The molecule has 0 fully saturated rings. The summed E-state index contributed by atoms with van der Waals surface area (Å²) >= 11 is 0. The molecule has 0 unspecified atom stereocenters. The van der Waals surface area contributed by atoms with Crippen LogP contribution in [0.5, 0.6) is 0 Å². The van der Waals surface area contributed by atoms with Crippen molar-refractivity contribution in [3.63, 3.8) is 0 Å². The third-order valence-electron chi connectivity index (χ3n) is 2.67. The van der Waals surface area contributed by atoms with E-state index in [1.54, 1.807) is 0 Å². The van der Waals surface area contributed by atoms with Crippen molar-refractivity contribution >= 4 is 0 Å². The molecule has 3 N–H and O–H groups in total. The lowest BCUT2D eigenvalue weighted by atomic mass is 10.00. The first-order valence-electron chi connectivity index (χ1n) is 5.08. The maximum Gasteiger partial charge on any atom is 0.0633 e. The second-order valence-electron chi connectivity index (χ2n) is 3.94. The molecule has 0 bridgehead atoms. The minimum absolute atomic E-state index is 0.0242. The summed E-state index contributed by atoms with van der Waals surface area (Å²) in [6, 6.07) is 0. The second kappa shape index (κ2) is 6.35. The van der Waals surface area contributed by atoms with Crippen LogP contribution in [0.2, 0.25) is 0 Å². The fourth-order valence-corrected chi connectivity index (χ4v) is 1.13. The molecule has 3 heteroatoms. The first kappa shape index (κ1) is 12.9. The van der Waals surface area contributed by atoms with E-state index in [9.17, 15) is 0 Å². The highest BCUT2D eigenvalue weighted by atomic mass is 16.3. The van der Waals surface area contributed by atoms with Crippen LogP contribution < -0.4 is 5.32 Å². The molecule has 0 saturated carbocycles. The van der Waals surface area contributed by atoms with Crippen molar-refractivity contribution in [2.45, 2.75) is 39.2 Å². The molecule has 0 heterocycles. The summed E-state index contributed by atoms with van der Waals surface area (Å²) in [5, 5.41) is 21.2. The van der Waals surface area contributed by atoms with Gasteiger partial charge in [0.1, 0.15) is 0 Å². The maximum atomic E-state index is 9.02. The molecule has 0 aromatic carbocycles. The maximum absolute atomic E-state index is 9.02. The van der Waals surface area contributed by atoms with Gasteiger partial charge in [0.05, 0.1) is 18.8 Å². The molecule has 0 rings (SSSR count). The number of nitrogens with one attached hydrogen (secondary N) is 1. The van der Waals surface area contributed by atoms with E-state index in [1.807, 2.05) is 6.92 Å². The lowest BCUT2D eigenvalue weighted by Gasteiger charge is -2.28. The number of hydrogen-bond acceptors (Lipinski definition) is 3. The third kappa shape index (κ3) is 4.60. The normalized spacial score (nSPS) is 12.5. The van der Waals surface area contributed by atoms with Crippen LogP contribution in [0.25, 0.3) is 0 Å². The van der Waals surface area contributed by atoms with Gasteiger partial charge < -0.3 is 15.5 Å². The molecule has 0 aliphatic carbocycles. The highest BCUT2D eigenvalue weighted by Crippen LogP contribution is 2.08. The van der Waals surface area contributed by atoms with Crippen LogP contribution in [0, 0.1) is 5.92 Å². The Morgan fingerprint density at radius 3 is 1.92 bits per heavy atom. The average Bonchev–Trinajstić information content (AvgIpc) is 2.19. The summed E-state index contributed by atoms with van der Waals surface area (Å²) < 4.78 is 0. The predicted octanol–water partition coefficient (Wildman–Crippen LogP) is 0.755. The zero-order chi connectivity index (χ0) is 10.3. The molecule has 0 aromatic heterocycles. The van der Waals surface area contributed by atoms with Gasteiger partial charge in [-0.15, -0.1) is 0 Å². The lowest BCUT2D eigenvalue weighted by Crippen LogP contribution is -2.50. The van der Waals surface area contributed by atoms with Gasteiger partial charge in [0.2, 0.25) is 0 Å². The zero-order valence-electron chi connectivity index (χ0n) is 9.01. The van der Waals surface area contributed by atoms with Crippen molar-refractivity contribution in [2.75, 3.05) is 19.8 Å². The van der Waals surface area contributed by atoms with Gasteiger partial charge in [0.25, 0.3) is 0 Å². The lowest BCUT2D eigenvalue weighted by molar-refractivity contribution is 0.1000. The monoisotopic (exact) mass is 189 g/mol. The smallest absolute Gasteiger partial charge is 0.0633 e. The van der Waals surface area contributed by atoms with Crippen molar-refractivity contribution in [3.05, 3.63) is 0 Å². The van der Waals surface area contributed by atoms with Crippen LogP contribution >= 0.6 is 0 Å². The Kier molecular flexibility index (Phi) is 6.29. The van der Waals surface area contributed by atoms with E-state index in [0.717, 1.165) is 19.4 Å². The molecule has 0 aromatic rings. The van der Waals surface area contributed by atoms with Gasteiger partial charge >= 0.3 is 0 Å². The van der Waals surface area contributed by atoms with Crippen LogP contribution in [0.4, 0.5) is 0 Å². The van der Waals surface area contributed by atoms with E-state index < -0.39 is 5.54 Å². The summed E-state index contributed by atoms with van der Waals surface area (Å²) in [7, 11) is 0. The number of aliphatic hydroxyl groups excluding tert-OH is 2. The summed E-state index contributed by atoms with van der Waals surface area (Å²) in [4.78, 5) is 0. The number of hydrogen-bond donors (Lipinski definition) is 3. The Morgan fingerprint density at radius 2 is 1.62 bits per heavy atom. The minimum Gasteiger partial charge on any atom is -0.394 e. The van der Waals surface area contributed by atoms with Gasteiger partial charge in [-0.05, 0) is 19.4 Å². The van der Waals surface area contributed by atoms with E-state index in [-0.39, 0.29) is 13.2 Å². The molecule has 0 radical (unpaired) electrons. The van der Waals surface area contributed by atoms with Gasteiger partial charge in [-0.1, -0.05) is 26.7 Å². The van der Waals surface area contributed by atoms with Gasteiger partial charge in [0.15, 0.2) is 0 Å². The van der Waals surface area contributed by atoms with Crippen LogP contribution in [-0.4, -0.2) is 35.5 Å². The Bertz CT molecular complexity index is 120. The fraction of sp³-hybridized carbons (Fsp3) is 1.00. The largest absolute Gasteiger partial charge is 0.394 e. The topological polar surface area (TPSA) is 52.5 Å². The highest BCUT2D eigenvalue weighted by Gasteiger charge is 2.21. The van der Waals surface area contributed by atoms with E-state index in [4.69, 9.17) is 10.2 Å². The summed E-state index contributed by atoms with van der Waals surface area (Å²) in [5.41, 5.74) is -0.525. The quantitative estimate of drug-likeness (QED) is 0.554. The van der Waals surface area contributed by atoms with Crippen molar-refractivity contribution in [2.24, 2.45) is 5.92 Å². The summed E-state index contributed by atoms with van der Waals surface area (Å²) in [5.74, 6) is 0.637. The minimum atomic E-state index is -0.525. The highest BCUT2D eigenvalue weighted by molar-refractivity contribution is 4.81. The van der Waals surface area contributed by atoms with Crippen LogP contribution in [-0.2, 0) is 0 Å². The molecule has 3 nitrogen and oxygen atoms in total. The Labute approximate surface area is 81.2 Å². The molecule has 0 spiro atoms. The van der Waals surface area contributed by atoms with Crippen molar-refractivity contribution in [1.29, 1.82) is 0 Å². The van der Waals surface area contributed by atoms with E-state index in [0.29, 0.717) is 5.92 Å². The van der Waals surface area contributed by atoms with Crippen molar-refractivity contribution in [3.8, 4) is 0 Å². The standard InChI is InChI=1S/C10H23NO2/c1-4-9(5-2)6-11-10(3,7-12)8-13/h9,11-13H,4-8H2,1-3H3. The zero-order valence-corrected chi connectivity index (χ0v) is 9.01. The van der Waals surface area contributed by atoms with Gasteiger partial charge in [0, 0.05) is 0 Å². The van der Waals surface area contributed by atoms with Gasteiger partial charge in [-0.25, -0.2) is 0 Å². The predicted molar refractivity (Wildman–Crippen MR) is 54.7 cm³/mol. The van der Waals surface area contributed by atoms with Crippen molar-refractivity contribution < 1.29 is 10.2 Å². The van der Waals surface area contributed by atoms with Crippen LogP contribution in [0.3, 0.4) is 0 Å². The third-order valence-corrected chi connectivity index (χ3v) is 2.67. The van der Waals surface area contributed by atoms with Gasteiger partial charge in [-0.2, -0.15) is 0 Å².